The Labute approximate surface area is 127 Å². The molecule has 1 aliphatic heterocycles. The van der Waals surface area contributed by atoms with Crippen LogP contribution in [-0.4, -0.2) is 38.3 Å². The number of ether oxygens (including phenoxy) is 1. The molecule has 0 saturated carbocycles. The third kappa shape index (κ3) is 2.92. The van der Waals surface area contributed by atoms with E-state index in [1.807, 2.05) is 26.2 Å². The normalized spacial score (nSPS) is 14.9. The molecule has 1 N–H and O–H groups in total. The molecule has 7 heteroatoms. The van der Waals surface area contributed by atoms with Crippen LogP contribution in [-0.2, 0) is 17.7 Å². The monoisotopic (exact) mass is 306 g/mol. The first-order valence-electron chi connectivity index (χ1n) is 6.86. The zero-order valence-corrected chi connectivity index (χ0v) is 13.2. The van der Waals surface area contributed by atoms with Crippen LogP contribution in [0.3, 0.4) is 0 Å². The summed E-state index contributed by atoms with van der Waals surface area (Å²) < 4.78 is 5.44. The molecule has 0 fully saturated rings. The molecule has 0 radical (unpaired) electrons. The number of aromatic amines is 1. The first-order valence-corrected chi connectivity index (χ1v) is 7.81. The molecule has 6 nitrogen and oxygen atoms in total. The number of thiazole rings is 1. The van der Waals surface area contributed by atoms with Gasteiger partial charge in [-0.1, -0.05) is 0 Å². The number of rotatable bonds is 1. The van der Waals surface area contributed by atoms with Crippen LogP contribution >= 0.6 is 11.3 Å². The number of carbonyl (C=O) groups excluding carboxylic acids is 1. The molecule has 3 rings (SSSR count). The fourth-order valence-electron chi connectivity index (χ4n) is 2.32. The molecule has 2 aromatic heterocycles. The Hall–Kier alpha value is -1.89. The van der Waals surface area contributed by atoms with E-state index in [1.165, 1.54) is 11.3 Å². The summed E-state index contributed by atoms with van der Waals surface area (Å²) in [4.78, 5) is 18.2. The minimum atomic E-state index is -0.481. The van der Waals surface area contributed by atoms with Crippen LogP contribution in [0.5, 0.6) is 0 Å². The van der Waals surface area contributed by atoms with Gasteiger partial charge in [-0.25, -0.2) is 9.78 Å². The second kappa shape index (κ2) is 5.14. The third-order valence-corrected chi connectivity index (χ3v) is 3.85. The zero-order chi connectivity index (χ0) is 15.0. The van der Waals surface area contributed by atoms with Crippen molar-refractivity contribution in [2.45, 2.75) is 39.3 Å². The highest BCUT2D eigenvalue weighted by Gasteiger charge is 2.29. The van der Waals surface area contributed by atoms with Crippen LogP contribution in [0.15, 0.2) is 10.9 Å². The molecule has 1 aliphatic rings. The van der Waals surface area contributed by atoms with Crippen LogP contribution in [0.25, 0.3) is 11.4 Å². The van der Waals surface area contributed by atoms with E-state index in [1.54, 1.807) is 10.4 Å². The van der Waals surface area contributed by atoms with Crippen molar-refractivity contribution in [2.24, 2.45) is 0 Å². The summed E-state index contributed by atoms with van der Waals surface area (Å²) in [5, 5.41) is 9.37. The van der Waals surface area contributed by atoms with Gasteiger partial charge >= 0.3 is 6.09 Å². The molecular weight excluding hydrogens is 288 g/mol. The maximum absolute atomic E-state index is 12.2. The fourth-order valence-corrected chi connectivity index (χ4v) is 2.86. The minimum absolute atomic E-state index is 0.279. The molecule has 0 spiro atoms. The number of hydrogen-bond acceptors (Lipinski definition) is 5. The largest absolute Gasteiger partial charge is 0.444 e. The average Bonchev–Trinajstić information content (AvgIpc) is 3.04. The molecule has 21 heavy (non-hydrogen) atoms. The number of aromatic nitrogens is 3. The van der Waals surface area contributed by atoms with E-state index in [2.05, 4.69) is 15.2 Å². The maximum atomic E-state index is 12.2. The number of amides is 1. The summed E-state index contributed by atoms with van der Waals surface area (Å²) >= 11 is 1.53. The highest BCUT2D eigenvalue weighted by atomic mass is 32.1. The number of carbonyl (C=O) groups is 1. The lowest BCUT2D eigenvalue weighted by Crippen LogP contribution is -2.39. The lowest BCUT2D eigenvalue weighted by molar-refractivity contribution is 0.0224. The van der Waals surface area contributed by atoms with Crippen molar-refractivity contribution in [1.29, 1.82) is 0 Å². The van der Waals surface area contributed by atoms with Crippen molar-refractivity contribution in [3.63, 3.8) is 0 Å². The van der Waals surface area contributed by atoms with E-state index in [0.29, 0.717) is 13.1 Å². The first-order chi connectivity index (χ1) is 9.94. The van der Waals surface area contributed by atoms with Crippen molar-refractivity contribution < 1.29 is 9.53 Å². The quantitative estimate of drug-likeness (QED) is 0.879. The second-order valence-electron chi connectivity index (χ2n) is 6.05. The van der Waals surface area contributed by atoms with Gasteiger partial charge in [-0.15, -0.1) is 11.3 Å². The van der Waals surface area contributed by atoms with Crippen molar-refractivity contribution in [3.8, 4) is 11.4 Å². The molecule has 0 saturated heterocycles. The topological polar surface area (TPSA) is 71.1 Å². The lowest BCUT2D eigenvalue weighted by Gasteiger charge is -2.30. The lowest BCUT2D eigenvalue weighted by atomic mass is 10.0. The Morgan fingerprint density at radius 1 is 1.48 bits per heavy atom. The predicted molar refractivity (Wildman–Crippen MR) is 80.0 cm³/mol. The molecule has 3 heterocycles. The number of H-pyrrole nitrogens is 1. The van der Waals surface area contributed by atoms with Crippen LogP contribution in [0.4, 0.5) is 4.79 Å². The summed E-state index contributed by atoms with van der Waals surface area (Å²) in [7, 11) is 0. The first kappa shape index (κ1) is 14.1. The van der Waals surface area contributed by atoms with E-state index in [9.17, 15) is 4.79 Å². The number of nitrogens with zero attached hydrogens (tertiary/aromatic N) is 3. The fraction of sp³-hybridized carbons (Fsp3) is 0.500. The molecule has 1 amide bonds. The molecule has 0 atom stereocenters. The average molecular weight is 306 g/mol. The highest BCUT2D eigenvalue weighted by Crippen LogP contribution is 2.28. The van der Waals surface area contributed by atoms with Crippen LogP contribution in [0.2, 0.25) is 0 Å². The van der Waals surface area contributed by atoms with Gasteiger partial charge in [0.1, 0.15) is 17.0 Å². The smallest absolute Gasteiger partial charge is 0.410 e. The Balaban J connectivity index is 1.82. The Bertz CT molecular complexity index is 642. The van der Waals surface area contributed by atoms with Gasteiger partial charge in [0, 0.05) is 29.6 Å². The standard InChI is InChI=1S/C14H18N4O2S/c1-14(2,3)20-13(19)18-5-4-10-9(6-18)12(17-16-10)11-7-21-8-15-11/h7-8H,4-6H2,1-3H3,(H,16,17). The number of nitrogens with one attached hydrogen (secondary N) is 1. The van der Waals surface area contributed by atoms with E-state index in [0.717, 1.165) is 29.1 Å². The summed E-state index contributed by atoms with van der Waals surface area (Å²) in [5.41, 5.74) is 5.11. The van der Waals surface area contributed by atoms with E-state index in [-0.39, 0.29) is 6.09 Å². The molecular formula is C14H18N4O2S. The van der Waals surface area contributed by atoms with Crippen LogP contribution in [0.1, 0.15) is 32.0 Å². The van der Waals surface area contributed by atoms with Crippen LogP contribution in [0, 0.1) is 0 Å². The van der Waals surface area contributed by atoms with Gasteiger partial charge in [0.25, 0.3) is 0 Å². The van der Waals surface area contributed by atoms with E-state index >= 15 is 0 Å². The molecule has 0 unspecified atom stereocenters. The van der Waals surface area contributed by atoms with Crippen molar-refractivity contribution in [3.05, 3.63) is 22.1 Å². The second-order valence-corrected chi connectivity index (χ2v) is 6.77. The van der Waals surface area contributed by atoms with E-state index in [4.69, 9.17) is 4.74 Å². The highest BCUT2D eigenvalue weighted by molar-refractivity contribution is 7.07. The molecule has 0 aliphatic carbocycles. The summed E-state index contributed by atoms with van der Waals surface area (Å²) in [5.74, 6) is 0. The SMILES string of the molecule is CC(C)(C)OC(=O)N1CCc2[nH]nc(-c3cscn3)c2C1. The summed E-state index contributed by atoms with van der Waals surface area (Å²) in [6, 6.07) is 0. The predicted octanol–water partition coefficient (Wildman–Crippen LogP) is 2.83. The number of fused-ring (bicyclic) bond motifs is 1. The Kier molecular flexibility index (Phi) is 3.44. The Morgan fingerprint density at radius 3 is 2.95 bits per heavy atom. The van der Waals surface area contributed by atoms with Gasteiger partial charge in [0.15, 0.2) is 0 Å². The molecule has 2 aromatic rings. The zero-order valence-electron chi connectivity index (χ0n) is 12.3. The third-order valence-electron chi connectivity index (χ3n) is 3.26. The summed E-state index contributed by atoms with van der Waals surface area (Å²) in [6.07, 6.45) is 0.477. The van der Waals surface area contributed by atoms with Crippen LogP contribution < -0.4 is 0 Å². The number of hydrogen-bond donors (Lipinski definition) is 1. The van der Waals surface area contributed by atoms with Crippen molar-refractivity contribution >= 4 is 17.4 Å². The molecule has 0 bridgehead atoms. The van der Waals surface area contributed by atoms with Gasteiger partial charge in [0.2, 0.25) is 0 Å². The van der Waals surface area contributed by atoms with Gasteiger partial charge in [-0.2, -0.15) is 5.10 Å². The summed E-state index contributed by atoms with van der Waals surface area (Å²) in [6.45, 7) is 6.77. The van der Waals surface area contributed by atoms with Gasteiger partial charge in [-0.05, 0) is 20.8 Å². The molecule has 0 aromatic carbocycles. The van der Waals surface area contributed by atoms with Crippen molar-refractivity contribution in [2.75, 3.05) is 6.54 Å². The van der Waals surface area contributed by atoms with Crippen molar-refractivity contribution in [1.82, 2.24) is 20.1 Å². The van der Waals surface area contributed by atoms with Gasteiger partial charge in [0.05, 0.1) is 12.1 Å². The minimum Gasteiger partial charge on any atom is -0.444 e. The molecule has 112 valence electrons. The van der Waals surface area contributed by atoms with Gasteiger partial charge in [-0.3, -0.25) is 5.10 Å². The van der Waals surface area contributed by atoms with E-state index < -0.39 is 5.60 Å². The maximum Gasteiger partial charge on any atom is 0.410 e. The van der Waals surface area contributed by atoms with Gasteiger partial charge < -0.3 is 9.64 Å². The Morgan fingerprint density at radius 2 is 2.29 bits per heavy atom.